The van der Waals surface area contributed by atoms with Crippen LogP contribution in [0.2, 0.25) is 5.02 Å². The monoisotopic (exact) mass is 335 g/mol. The van der Waals surface area contributed by atoms with Crippen molar-refractivity contribution < 1.29 is 21.6 Å². The molecule has 0 heterocycles. The molecule has 0 radical (unpaired) electrons. The van der Waals surface area contributed by atoms with Gasteiger partial charge in [-0.1, -0.05) is 11.6 Å². The van der Waals surface area contributed by atoms with Crippen LogP contribution < -0.4 is 4.72 Å². The average molecular weight is 336 g/mol. The lowest BCUT2D eigenvalue weighted by atomic mass is 10.2. The van der Waals surface area contributed by atoms with Gasteiger partial charge in [-0.15, -0.1) is 11.6 Å². The van der Waals surface area contributed by atoms with Crippen molar-refractivity contribution in [1.29, 1.82) is 0 Å². The van der Waals surface area contributed by atoms with Gasteiger partial charge >= 0.3 is 6.18 Å². The molecule has 3 nitrogen and oxygen atoms in total. The van der Waals surface area contributed by atoms with Gasteiger partial charge in [0, 0.05) is 5.88 Å². The zero-order valence-corrected chi connectivity index (χ0v) is 11.8. The number of benzene rings is 1. The van der Waals surface area contributed by atoms with Crippen molar-refractivity contribution in [2.75, 3.05) is 16.4 Å². The van der Waals surface area contributed by atoms with Gasteiger partial charge < -0.3 is 0 Å². The largest absolute Gasteiger partial charge is 0.416 e. The fourth-order valence-electron chi connectivity index (χ4n) is 1.24. The second kappa shape index (κ2) is 6.19. The van der Waals surface area contributed by atoms with Gasteiger partial charge in [0.2, 0.25) is 10.0 Å². The van der Waals surface area contributed by atoms with Gasteiger partial charge in [0.15, 0.2) is 0 Å². The van der Waals surface area contributed by atoms with E-state index in [0.29, 0.717) is 6.07 Å². The highest BCUT2D eigenvalue weighted by atomic mass is 35.5. The zero-order chi connectivity index (χ0) is 14.7. The van der Waals surface area contributed by atoms with Gasteiger partial charge in [0.05, 0.1) is 22.0 Å². The zero-order valence-electron chi connectivity index (χ0n) is 9.47. The molecule has 1 N–H and O–H groups in total. The Morgan fingerprint density at radius 2 is 1.89 bits per heavy atom. The van der Waals surface area contributed by atoms with Crippen molar-refractivity contribution >= 4 is 38.9 Å². The number of hydrogen-bond acceptors (Lipinski definition) is 2. The molecular weight excluding hydrogens is 326 g/mol. The first-order chi connectivity index (χ1) is 8.65. The molecule has 0 fully saturated rings. The summed E-state index contributed by atoms with van der Waals surface area (Å²) < 4.78 is 62.4. The van der Waals surface area contributed by atoms with Crippen molar-refractivity contribution in [3.05, 3.63) is 28.8 Å². The number of nitrogens with one attached hydrogen (secondary N) is 1. The van der Waals surface area contributed by atoms with Crippen molar-refractivity contribution in [3.8, 4) is 0 Å². The van der Waals surface area contributed by atoms with Gasteiger partial charge in [0.1, 0.15) is 0 Å². The molecule has 1 aromatic carbocycles. The summed E-state index contributed by atoms with van der Waals surface area (Å²) in [5.74, 6) is -0.0600. The molecule has 0 amide bonds. The van der Waals surface area contributed by atoms with Crippen molar-refractivity contribution in [1.82, 2.24) is 0 Å². The third-order valence-electron chi connectivity index (χ3n) is 2.11. The predicted molar refractivity (Wildman–Crippen MR) is 69.2 cm³/mol. The van der Waals surface area contributed by atoms with E-state index in [4.69, 9.17) is 23.2 Å². The third-order valence-corrected chi connectivity index (χ3v) is 4.05. The van der Waals surface area contributed by atoms with E-state index in [1.165, 1.54) is 0 Å². The maximum absolute atomic E-state index is 12.4. The van der Waals surface area contributed by atoms with Gasteiger partial charge in [-0.25, -0.2) is 8.42 Å². The van der Waals surface area contributed by atoms with Crippen LogP contribution in [0.4, 0.5) is 18.9 Å². The summed E-state index contributed by atoms with van der Waals surface area (Å²) in [5.41, 5.74) is -1.04. The average Bonchev–Trinajstić information content (AvgIpc) is 2.27. The fourth-order valence-corrected chi connectivity index (χ4v) is 2.95. The van der Waals surface area contributed by atoms with E-state index < -0.39 is 21.8 Å². The molecule has 0 unspecified atom stereocenters. The number of hydrogen-bond donors (Lipinski definition) is 1. The maximum Gasteiger partial charge on any atom is 0.416 e. The van der Waals surface area contributed by atoms with E-state index >= 15 is 0 Å². The molecule has 19 heavy (non-hydrogen) atoms. The van der Waals surface area contributed by atoms with E-state index in [9.17, 15) is 21.6 Å². The quantitative estimate of drug-likeness (QED) is 0.833. The molecule has 0 saturated heterocycles. The van der Waals surface area contributed by atoms with E-state index in [1.807, 2.05) is 0 Å². The van der Waals surface area contributed by atoms with Crippen LogP contribution in [0.15, 0.2) is 18.2 Å². The minimum atomic E-state index is -4.53. The van der Waals surface area contributed by atoms with Crippen LogP contribution in [0.3, 0.4) is 0 Å². The summed E-state index contributed by atoms with van der Waals surface area (Å²) in [6, 6.07) is 2.40. The summed E-state index contributed by atoms with van der Waals surface area (Å²) in [7, 11) is -3.67. The first kappa shape index (κ1) is 16.4. The highest BCUT2D eigenvalue weighted by molar-refractivity contribution is 7.92. The lowest BCUT2D eigenvalue weighted by Gasteiger charge is -2.12. The Bertz CT molecular complexity index is 546. The molecule has 0 aromatic heterocycles. The summed E-state index contributed by atoms with van der Waals surface area (Å²) in [6.45, 7) is 0. The second-order valence-corrected chi connectivity index (χ2v) is 6.28. The van der Waals surface area contributed by atoms with Crippen LogP contribution >= 0.6 is 23.2 Å². The van der Waals surface area contributed by atoms with Gasteiger partial charge in [-0.05, 0) is 24.6 Å². The highest BCUT2D eigenvalue weighted by Crippen LogP contribution is 2.34. The summed E-state index contributed by atoms with van der Waals surface area (Å²) in [5, 5.41) is -0.315. The summed E-state index contributed by atoms with van der Waals surface area (Å²) in [6.07, 6.45) is -4.30. The van der Waals surface area contributed by atoms with Crippen LogP contribution in [0.25, 0.3) is 0 Å². The highest BCUT2D eigenvalue weighted by Gasteiger charge is 2.31. The molecule has 0 spiro atoms. The number of sulfonamides is 1. The molecule has 0 atom stereocenters. The molecule has 1 rings (SSSR count). The van der Waals surface area contributed by atoms with Crippen LogP contribution in [0, 0.1) is 0 Å². The molecular formula is C10H10Cl2F3NO2S. The van der Waals surface area contributed by atoms with Crippen molar-refractivity contribution in [2.45, 2.75) is 12.6 Å². The first-order valence-electron chi connectivity index (χ1n) is 5.09. The summed E-state index contributed by atoms with van der Waals surface area (Å²) in [4.78, 5) is 0. The Labute approximate surface area is 118 Å². The molecule has 0 aliphatic rings. The van der Waals surface area contributed by atoms with E-state index in [2.05, 4.69) is 4.72 Å². The Kier molecular flexibility index (Phi) is 5.34. The molecule has 0 aliphatic heterocycles. The van der Waals surface area contributed by atoms with Crippen LogP contribution in [-0.2, 0) is 16.2 Å². The smallest absolute Gasteiger partial charge is 0.282 e. The minimum absolute atomic E-state index is 0.0933. The Morgan fingerprint density at radius 1 is 1.26 bits per heavy atom. The van der Waals surface area contributed by atoms with E-state index in [-0.39, 0.29) is 28.8 Å². The minimum Gasteiger partial charge on any atom is -0.282 e. The van der Waals surface area contributed by atoms with Gasteiger partial charge in [-0.3, -0.25) is 4.72 Å². The second-order valence-electron chi connectivity index (χ2n) is 3.66. The number of alkyl halides is 4. The topological polar surface area (TPSA) is 46.2 Å². The maximum atomic E-state index is 12.4. The predicted octanol–water partition coefficient (Wildman–Crippen LogP) is 3.73. The molecule has 9 heteroatoms. The molecule has 108 valence electrons. The van der Waals surface area contributed by atoms with Crippen molar-refractivity contribution in [3.63, 3.8) is 0 Å². The fraction of sp³-hybridized carbons (Fsp3) is 0.400. The first-order valence-corrected chi connectivity index (χ1v) is 7.65. The third kappa shape index (κ3) is 5.08. The lowest BCUT2D eigenvalue weighted by Crippen LogP contribution is -2.17. The number of halogens is 5. The van der Waals surface area contributed by atoms with Gasteiger partial charge in [-0.2, -0.15) is 13.2 Å². The standard InChI is InChI=1S/C10H10Cl2F3NO2S/c11-4-1-5-19(17,18)16-9-3-2-7(6-8(9)12)10(13,14)15/h2-3,6,16H,1,4-5H2. The van der Waals surface area contributed by atoms with E-state index in [1.54, 1.807) is 0 Å². The SMILES string of the molecule is O=S(=O)(CCCCl)Nc1ccc(C(F)(F)F)cc1Cl. The van der Waals surface area contributed by atoms with E-state index in [0.717, 1.165) is 12.1 Å². The Balaban J connectivity index is 2.92. The molecule has 1 aromatic rings. The molecule has 0 aliphatic carbocycles. The lowest BCUT2D eigenvalue weighted by molar-refractivity contribution is -0.137. The number of anilines is 1. The summed E-state index contributed by atoms with van der Waals surface area (Å²) >= 11 is 11.0. The van der Waals surface area contributed by atoms with Gasteiger partial charge in [0.25, 0.3) is 0 Å². The molecule has 0 bridgehead atoms. The Morgan fingerprint density at radius 3 is 2.37 bits per heavy atom. The van der Waals surface area contributed by atoms with Crippen LogP contribution in [-0.4, -0.2) is 20.1 Å². The van der Waals surface area contributed by atoms with Crippen LogP contribution in [0.1, 0.15) is 12.0 Å². The van der Waals surface area contributed by atoms with Crippen LogP contribution in [0.5, 0.6) is 0 Å². The Hall–Kier alpha value is -0.660. The number of rotatable bonds is 5. The molecule has 0 saturated carbocycles. The van der Waals surface area contributed by atoms with Crippen molar-refractivity contribution in [2.24, 2.45) is 0 Å². The normalized spacial score (nSPS) is 12.5.